The fourth-order valence-electron chi connectivity index (χ4n) is 13.6. The Hall–Kier alpha value is -6.00. The van der Waals surface area contributed by atoms with Crippen LogP contribution in [-0.2, 0) is 21.7 Å². The Balaban J connectivity index is 1.25. The number of fused-ring (bicyclic) bond motifs is 14. The van der Waals surface area contributed by atoms with Gasteiger partial charge in [0.2, 0.25) is 0 Å². The molecule has 4 heterocycles. The molecule has 3 nitrogen and oxygen atoms in total. The zero-order chi connectivity index (χ0) is 44.7. The summed E-state index contributed by atoms with van der Waals surface area (Å²) in [7, 11) is 0. The van der Waals surface area contributed by atoms with Crippen molar-refractivity contribution in [2.24, 2.45) is 0 Å². The molecule has 7 aromatic carbocycles. The van der Waals surface area contributed by atoms with Crippen molar-refractivity contribution in [1.29, 1.82) is 0 Å². The maximum atomic E-state index is 6.90. The molecule has 65 heavy (non-hydrogen) atoms. The quantitative estimate of drug-likeness (QED) is 0.162. The second-order valence-corrected chi connectivity index (χ2v) is 23.2. The minimum atomic E-state index is -0.270. The summed E-state index contributed by atoms with van der Waals surface area (Å²) in [5, 5.41) is 2.32. The number of anilines is 4. The van der Waals surface area contributed by atoms with E-state index < -0.39 is 0 Å². The molecule has 322 valence electrons. The molecule has 0 amide bonds. The summed E-state index contributed by atoms with van der Waals surface area (Å²) < 4.78 is 6.90. The molecule has 0 bridgehead atoms. The van der Waals surface area contributed by atoms with E-state index in [-0.39, 0.29) is 34.0 Å². The number of para-hydroxylation sites is 1. The number of rotatable bonds is 2. The Morgan fingerprint density at radius 2 is 1.25 bits per heavy atom. The van der Waals surface area contributed by atoms with Crippen LogP contribution in [0.1, 0.15) is 123 Å². The van der Waals surface area contributed by atoms with E-state index in [0.717, 1.165) is 28.4 Å². The molecule has 2 aliphatic carbocycles. The minimum absolute atomic E-state index is 0.0164. The predicted molar refractivity (Wildman–Crippen MR) is 276 cm³/mol. The van der Waals surface area contributed by atoms with Crippen molar-refractivity contribution < 1.29 is 4.42 Å². The molecule has 0 spiro atoms. The third-order valence-corrected chi connectivity index (χ3v) is 17.3. The van der Waals surface area contributed by atoms with Crippen LogP contribution in [-0.4, -0.2) is 12.4 Å². The smallest absolute Gasteiger partial charge is 0.329 e. The van der Waals surface area contributed by atoms with Gasteiger partial charge in [0.05, 0.1) is 5.69 Å². The molecule has 0 radical (unpaired) electrons. The van der Waals surface area contributed by atoms with E-state index in [4.69, 9.17) is 4.42 Å². The predicted octanol–water partition coefficient (Wildman–Crippen LogP) is 15.1. The third kappa shape index (κ3) is 4.99. The second-order valence-electron chi connectivity index (χ2n) is 23.2. The van der Waals surface area contributed by atoms with Crippen LogP contribution in [0.5, 0.6) is 0 Å². The lowest BCUT2D eigenvalue weighted by molar-refractivity contribution is 0.199. The highest BCUT2D eigenvalue weighted by molar-refractivity contribution is 6.93. The van der Waals surface area contributed by atoms with Crippen LogP contribution in [0.3, 0.4) is 0 Å². The molecule has 4 heteroatoms. The Bertz CT molecular complexity index is 3380. The number of furan rings is 1. The van der Waals surface area contributed by atoms with Crippen molar-refractivity contribution in [2.75, 3.05) is 9.71 Å². The average molecular weight is 847 g/mol. The van der Waals surface area contributed by atoms with Crippen LogP contribution in [0, 0.1) is 0 Å². The van der Waals surface area contributed by atoms with Crippen LogP contribution in [0.4, 0.5) is 22.7 Å². The molecular weight excluding hydrogens is 787 g/mol. The van der Waals surface area contributed by atoms with Gasteiger partial charge in [-0.2, -0.15) is 0 Å². The molecule has 2 unspecified atom stereocenters. The fraction of sp³-hybridized carbons (Fsp3) is 0.311. The lowest BCUT2D eigenvalue weighted by atomic mass is 9.41. The van der Waals surface area contributed by atoms with Crippen molar-refractivity contribution in [1.82, 2.24) is 0 Å². The van der Waals surface area contributed by atoms with Crippen LogP contribution < -0.4 is 20.6 Å². The summed E-state index contributed by atoms with van der Waals surface area (Å²) in [4.78, 5) is 5.73. The Labute approximate surface area is 385 Å². The van der Waals surface area contributed by atoms with E-state index in [0.29, 0.717) is 0 Å². The van der Waals surface area contributed by atoms with Gasteiger partial charge in [-0.25, -0.2) is 0 Å². The van der Waals surface area contributed by atoms with E-state index in [1.807, 2.05) is 0 Å². The number of nitrogens with zero attached hydrogens (tertiary/aromatic N) is 2. The van der Waals surface area contributed by atoms with E-state index in [1.54, 1.807) is 5.56 Å². The van der Waals surface area contributed by atoms with Crippen molar-refractivity contribution in [3.05, 3.63) is 155 Å². The molecule has 13 rings (SSSR count). The summed E-state index contributed by atoms with van der Waals surface area (Å²) in [6.45, 7) is 24.4. The molecule has 1 saturated carbocycles. The van der Waals surface area contributed by atoms with Gasteiger partial charge in [0.1, 0.15) is 11.2 Å². The summed E-state index contributed by atoms with van der Waals surface area (Å²) >= 11 is 0. The highest BCUT2D eigenvalue weighted by Crippen LogP contribution is 2.65. The zero-order valence-corrected chi connectivity index (χ0v) is 39.8. The van der Waals surface area contributed by atoms with Crippen molar-refractivity contribution in [2.45, 2.75) is 122 Å². The first-order valence-corrected chi connectivity index (χ1v) is 24.3. The van der Waals surface area contributed by atoms with E-state index >= 15 is 0 Å². The van der Waals surface area contributed by atoms with Crippen LogP contribution in [0.25, 0.3) is 55.3 Å². The first-order chi connectivity index (χ1) is 31.0. The highest BCUT2D eigenvalue weighted by atomic mass is 16.3. The van der Waals surface area contributed by atoms with Gasteiger partial charge in [-0.3, -0.25) is 0 Å². The largest absolute Gasteiger partial charge is 0.456 e. The Kier molecular flexibility index (Phi) is 7.67. The van der Waals surface area contributed by atoms with E-state index in [1.165, 1.54) is 109 Å². The SMILES string of the molecule is CC(C)(C)c1ccc(N2c3cc4c(cc3B3c5c(cc6c(c52)C(C)(C)c2ccccc2-6)-c2cc(C(C)(C)C)cc5c2N3C2(C)CCCCC52C)oc2ccccc24)c(-c2ccccc2)c1. The van der Waals surface area contributed by atoms with Crippen molar-refractivity contribution in [3.63, 3.8) is 0 Å². The molecule has 2 atom stereocenters. The van der Waals surface area contributed by atoms with Gasteiger partial charge >= 0.3 is 6.85 Å². The topological polar surface area (TPSA) is 19.6 Å². The van der Waals surface area contributed by atoms with Crippen molar-refractivity contribution in [3.8, 4) is 33.4 Å². The number of benzene rings is 7. The average Bonchev–Trinajstić information content (AvgIpc) is 3.84. The zero-order valence-electron chi connectivity index (χ0n) is 39.8. The lowest BCUT2D eigenvalue weighted by Crippen LogP contribution is -2.71. The summed E-state index contributed by atoms with van der Waals surface area (Å²) in [6, 6.07) is 49.3. The first-order valence-electron chi connectivity index (χ1n) is 24.3. The van der Waals surface area contributed by atoms with Crippen LogP contribution >= 0.6 is 0 Å². The summed E-state index contributed by atoms with van der Waals surface area (Å²) in [5.74, 6) is 0. The highest BCUT2D eigenvalue weighted by Gasteiger charge is 2.64. The Morgan fingerprint density at radius 1 is 0.538 bits per heavy atom. The molecule has 1 aromatic heterocycles. The summed E-state index contributed by atoms with van der Waals surface area (Å²) in [5.41, 5.74) is 24.6. The molecule has 1 fully saturated rings. The maximum absolute atomic E-state index is 6.90. The number of hydrogen-bond acceptors (Lipinski definition) is 3. The van der Waals surface area contributed by atoms with Gasteiger partial charge in [-0.1, -0.05) is 160 Å². The van der Waals surface area contributed by atoms with Crippen LogP contribution in [0.15, 0.2) is 132 Å². The monoisotopic (exact) mass is 846 g/mol. The minimum Gasteiger partial charge on any atom is -0.456 e. The molecule has 0 saturated heterocycles. The second kappa shape index (κ2) is 12.7. The van der Waals surface area contributed by atoms with Gasteiger partial charge in [0.25, 0.3) is 0 Å². The molecule has 3 aliphatic heterocycles. The third-order valence-electron chi connectivity index (χ3n) is 17.3. The molecule has 5 aliphatic rings. The van der Waals surface area contributed by atoms with Gasteiger partial charge in [0.15, 0.2) is 0 Å². The summed E-state index contributed by atoms with van der Waals surface area (Å²) in [6.07, 6.45) is 4.84. The molecule has 8 aromatic rings. The van der Waals surface area contributed by atoms with Gasteiger partial charge < -0.3 is 14.1 Å². The lowest BCUT2D eigenvalue weighted by Gasteiger charge is -2.55. The fourth-order valence-corrected chi connectivity index (χ4v) is 13.6. The normalized spacial score (nSPS) is 21.0. The van der Waals surface area contributed by atoms with Gasteiger partial charge in [-0.15, -0.1) is 0 Å². The maximum Gasteiger partial charge on any atom is 0.329 e. The Morgan fingerprint density at radius 3 is 2.03 bits per heavy atom. The number of hydrogen-bond donors (Lipinski definition) is 0. The van der Waals surface area contributed by atoms with E-state index in [9.17, 15) is 0 Å². The van der Waals surface area contributed by atoms with Gasteiger partial charge in [-0.05, 0) is 134 Å². The first kappa shape index (κ1) is 39.4. The molecule has 0 N–H and O–H groups in total. The standard InChI is InChI=1S/C61H59BN2O/c1-57(2,3)37-26-27-49(41(30-37)36-20-12-11-13-21-36)63-50-34-42-40-23-15-17-25-51(40)65-52(42)35-48(50)62-54-44(33-43-39-22-14-16-24-46(39)59(7,8)53(43)56(54)63)45-31-38(58(4,5)6)32-47-55(45)64(62)61(10)29-19-18-28-60(47,61)9/h11-17,20-27,30-35H,18-19,28-29H2,1-10H3. The van der Waals surface area contributed by atoms with Crippen molar-refractivity contribution >= 4 is 62.5 Å². The van der Waals surface area contributed by atoms with E-state index in [2.05, 4.69) is 206 Å². The van der Waals surface area contributed by atoms with Crippen LogP contribution in [0.2, 0.25) is 0 Å². The van der Waals surface area contributed by atoms with Gasteiger partial charge in [0, 0.05) is 55.3 Å². The molecular formula is C61H59BN2O.